The van der Waals surface area contributed by atoms with Crippen molar-refractivity contribution in [2.75, 3.05) is 25.1 Å². The minimum Gasteiger partial charge on any atom is -0.452 e. The van der Waals surface area contributed by atoms with Crippen LogP contribution in [0.1, 0.15) is 21.5 Å². The van der Waals surface area contributed by atoms with E-state index in [1.807, 2.05) is 54.6 Å². The van der Waals surface area contributed by atoms with Crippen LogP contribution >= 0.6 is 11.6 Å². The molecule has 0 saturated carbocycles. The van der Waals surface area contributed by atoms with Crippen molar-refractivity contribution >= 4 is 39.2 Å². The summed E-state index contributed by atoms with van der Waals surface area (Å²) in [4.78, 5) is 26.8. The predicted molar refractivity (Wildman–Crippen MR) is 129 cm³/mol. The highest BCUT2D eigenvalue weighted by molar-refractivity contribution is 7.89. The first-order chi connectivity index (χ1) is 16.3. The largest absolute Gasteiger partial charge is 0.452 e. The van der Waals surface area contributed by atoms with Gasteiger partial charge < -0.3 is 9.64 Å². The van der Waals surface area contributed by atoms with Crippen molar-refractivity contribution < 1.29 is 22.7 Å². The summed E-state index contributed by atoms with van der Waals surface area (Å²) in [6.07, 6.45) is 0.734. The van der Waals surface area contributed by atoms with Gasteiger partial charge in [0.2, 0.25) is 10.0 Å². The molecule has 0 radical (unpaired) electrons. The summed E-state index contributed by atoms with van der Waals surface area (Å²) in [5.74, 6) is -1.23. The number of carbonyl (C=O) groups is 2. The number of rotatable bonds is 7. The molecule has 3 aromatic carbocycles. The molecule has 0 fully saturated rings. The average Bonchev–Trinajstić information content (AvgIpc) is 3.27. The summed E-state index contributed by atoms with van der Waals surface area (Å²) >= 11 is 6.16. The lowest BCUT2D eigenvalue weighted by Gasteiger charge is -2.18. The lowest BCUT2D eigenvalue weighted by molar-refractivity contribution is -0.121. The molecule has 1 heterocycles. The molecule has 0 unspecified atom stereocenters. The molecule has 0 N–H and O–H groups in total. The van der Waals surface area contributed by atoms with E-state index in [1.165, 1.54) is 29.6 Å². The van der Waals surface area contributed by atoms with Gasteiger partial charge in [-0.15, -0.1) is 0 Å². The standard InChI is InChI=1S/C25H23ClN2O5S/c1-27(16-18-7-3-2-4-8-18)34(31,32)20-11-12-22(26)21(15-20)25(30)33-17-24(29)28-14-13-19-9-5-6-10-23(19)28/h2-12,15H,13-14,16-17H2,1H3. The summed E-state index contributed by atoms with van der Waals surface area (Å²) in [6.45, 7) is 0.198. The summed E-state index contributed by atoms with van der Waals surface area (Å²) in [5.41, 5.74) is 2.56. The SMILES string of the molecule is CN(Cc1ccccc1)S(=O)(=O)c1ccc(Cl)c(C(=O)OCC(=O)N2CCc3ccccc32)c1. The minimum absolute atomic E-state index is 0.0358. The molecule has 176 valence electrons. The van der Waals surface area contributed by atoms with Crippen molar-refractivity contribution in [2.45, 2.75) is 17.9 Å². The number of para-hydroxylation sites is 1. The summed E-state index contributed by atoms with van der Waals surface area (Å²) in [7, 11) is -2.44. The predicted octanol–water partition coefficient (Wildman–Crippen LogP) is 3.91. The Kier molecular flexibility index (Phi) is 7.02. The van der Waals surface area contributed by atoms with Gasteiger partial charge in [-0.2, -0.15) is 4.31 Å². The fourth-order valence-corrected chi connectivity index (χ4v) is 5.19. The van der Waals surface area contributed by atoms with E-state index in [-0.39, 0.29) is 27.9 Å². The number of benzene rings is 3. The van der Waals surface area contributed by atoms with Gasteiger partial charge in [0.25, 0.3) is 5.91 Å². The number of anilines is 1. The van der Waals surface area contributed by atoms with E-state index >= 15 is 0 Å². The number of esters is 1. The number of hydrogen-bond acceptors (Lipinski definition) is 5. The number of fused-ring (bicyclic) bond motifs is 1. The smallest absolute Gasteiger partial charge is 0.340 e. The maximum atomic E-state index is 13.0. The number of hydrogen-bond donors (Lipinski definition) is 0. The van der Waals surface area contributed by atoms with E-state index in [0.717, 1.165) is 23.2 Å². The topological polar surface area (TPSA) is 84.0 Å². The zero-order chi connectivity index (χ0) is 24.3. The van der Waals surface area contributed by atoms with Gasteiger partial charge in [-0.3, -0.25) is 4.79 Å². The highest BCUT2D eigenvalue weighted by Crippen LogP contribution is 2.28. The molecule has 0 spiro atoms. The number of carbonyl (C=O) groups excluding carboxylic acids is 2. The second kappa shape index (κ2) is 9.97. The van der Waals surface area contributed by atoms with Crippen LogP contribution in [0.4, 0.5) is 5.69 Å². The van der Waals surface area contributed by atoms with E-state index in [1.54, 1.807) is 4.90 Å². The molecule has 7 nitrogen and oxygen atoms in total. The van der Waals surface area contributed by atoms with Gasteiger partial charge in [-0.05, 0) is 41.8 Å². The van der Waals surface area contributed by atoms with Gasteiger partial charge in [0.1, 0.15) is 0 Å². The minimum atomic E-state index is -3.90. The highest BCUT2D eigenvalue weighted by Gasteiger charge is 2.27. The second-order valence-corrected chi connectivity index (χ2v) is 10.3. The molecule has 0 aliphatic carbocycles. The van der Waals surface area contributed by atoms with Crippen LogP contribution < -0.4 is 4.90 Å². The van der Waals surface area contributed by atoms with Crippen LogP contribution in [0.3, 0.4) is 0 Å². The van der Waals surface area contributed by atoms with E-state index in [0.29, 0.717) is 6.54 Å². The van der Waals surface area contributed by atoms with Crippen LogP contribution in [0.5, 0.6) is 0 Å². The molecular formula is C25H23ClN2O5S. The van der Waals surface area contributed by atoms with E-state index in [4.69, 9.17) is 16.3 Å². The Morgan fingerprint density at radius 1 is 1.03 bits per heavy atom. The molecule has 1 aliphatic rings. The Labute approximate surface area is 203 Å². The van der Waals surface area contributed by atoms with Crippen molar-refractivity contribution in [3.8, 4) is 0 Å². The van der Waals surface area contributed by atoms with Crippen LogP contribution in [0, 0.1) is 0 Å². The molecule has 9 heteroatoms. The zero-order valence-corrected chi connectivity index (χ0v) is 20.1. The summed E-state index contributed by atoms with van der Waals surface area (Å²) < 4.78 is 32.5. The van der Waals surface area contributed by atoms with Crippen molar-refractivity contribution in [3.63, 3.8) is 0 Å². The van der Waals surface area contributed by atoms with Gasteiger partial charge >= 0.3 is 5.97 Å². The molecule has 1 aliphatic heterocycles. The van der Waals surface area contributed by atoms with E-state index < -0.39 is 22.6 Å². The lowest BCUT2D eigenvalue weighted by Crippen LogP contribution is -2.33. The molecule has 0 atom stereocenters. The average molecular weight is 499 g/mol. The van der Waals surface area contributed by atoms with Crippen LogP contribution in [0.25, 0.3) is 0 Å². The first-order valence-corrected chi connectivity index (χ1v) is 12.4. The second-order valence-electron chi connectivity index (χ2n) is 7.89. The lowest BCUT2D eigenvalue weighted by atomic mass is 10.2. The van der Waals surface area contributed by atoms with Crippen LogP contribution in [-0.2, 0) is 32.5 Å². The third-order valence-corrected chi connectivity index (χ3v) is 7.76. The molecule has 4 rings (SSSR count). The van der Waals surface area contributed by atoms with Gasteiger partial charge in [0, 0.05) is 25.8 Å². The monoisotopic (exact) mass is 498 g/mol. The fourth-order valence-electron chi connectivity index (χ4n) is 3.81. The van der Waals surface area contributed by atoms with Crippen LogP contribution in [-0.4, -0.2) is 44.8 Å². The zero-order valence-electron chi connectivity index (χ0n) is 18.5. The summed E-state index contributed by atoms with van der Waals surface area (Å²) in [6, 6.07) is 20.6. The normalized spacial score (nSPS) is 13.1. The quantitative estimate of drug-likeness (QED) is 0.461. The van der Waals surface area contributed by atoms with Crippen molar-refractivity contribution in [1.29, 1.82) is 0 Å². The Morgan fingerprint density at radius 3 is 2.50 bits per heavy atom. The summed E-state index contributed by atoms with van der Waals surface area (Å²) in [5, 5.41) is 0.0358. The number of nitrogens with zero attached hydrogens (tertiary/aromatic N) is 2. The highest BCUT2D eigenvalue weighted by atomic mass is 35.5. The van der Waals surface area contributed by atoms with E-state index in [2.05, 4.69) is 0 Å². The maximum Gasteiger partial charge on any atom is 0.340 e. The van der Waals surface area contributed by atoms with Gasteiger partial charge in [0.05, 0.1) is 15.5 Å². The van der Waals surface area contributed by atoms with Crippen molar-refractivity contribution in [2.24, 2.45) is 0 Å². The Balaban J connectivity index is 1.46. The first kappa shape index (κ1) is 23.9. The molecule has 0 aromatic heterocycles. The fraction of sp³-hybridized carbons (Fsp3) is 0.200. The maximum absolute atomic E-state index is 13.0. The number of halogens is 1. The van der Waals surface area contributed by atoms with Crippen molar-refractivity contribution in [3.05, 3.63) is 94.5 Å². The Bertz CT molecular complexity index is 1330. The van der Waals surface area contributed by atoms with Crippen molar-refractivity contribution in [1.82, 2.24) is 4.31 Å². The first-order valence-electron chi connectivity index (χ1n) is 10.6. The number of amides is 1. The molecule has 34 heavy (non-hydrogen) atoms. The number of ether oxygens (including phenoxy) is 1. The molecule has 1 amide bonds. The number of sulfonamides is 1. The Morgan fingerprint density at radius 2 is 1.74 bits per heavy atom. The molecule has 3 aromatic rings. The third kappa shape index (κ3) is 4.99. The Hall–Kier alpha value is -3.20. The molecule has 0 bridgehead atoms. The van der Waals surface area contributed by atoms with Crippen LogP contribution in [0.15, 0.2) is 77.7 Å². The van der Waals surface area contributed by atoms with Gasteiger partial charge in [0.15, 0.2) is 6.61 Å². The molecular weight excluding hydrogens is 476 g/mol. The van der Waals surface area contributed by atoms with Gasteiger partial charge in [-0.1, -0.05) is 60.1 Å². The molecule has 0 saturated heterocycles. The third-order valence-electron chi connectivity index (χ3n) is 5.63. The van der Waals surface area contributed by atoms with Gasteiger partial charge in [-0.25, -0.2) is 13.2 Å². The van der Waals surface area contributed by atoms with Crippen LogP contribution in [0.2, 0.25) is 5.02 Å². The van der Waals surface area contributed by atoms with E-state index in [9.17, 15) is 18.0 Å².